The summed E-state index contributed by atoms with van der Waals surface area (Å²) in [4.78, 5) is 12.2. The Morgan fingerprint density at radius 3 is 2.10 bits per heavy atom. The minimum absolute atomic E-state index is 0.151. The van der Waals surface area contributed by atoms with E-state index in [1.165, 1.54) is 5.56 Å². The Hall–Kier alpha value is -3.18. The van der Waals surface area contributed by atoms with E-state index < -0.39 is 0 Å². The van der Waals surface area contributed by atoms with Gasteiger partial charge in [0, 0.05) is 29.0 Å². The van der Waals surface area contributed by atoms with Gasteiger partial charge in [-0.25, -0.2) is 0 Å². The van der Waals surface area contributed by atoms with Crippen molar-refractivity contribution in [3.63, 3.8) is 0 Å². The molecule has 0 saturated carbocycles. The molecule has 30 heavy (non-hydrogen) atoms. The zero-order valence-electron chi connectivity index (χ0n) is 17.3. The summed E-state index contributed by atoms with van der Waals surface area (Å²) >= 11 is 6.43. The first-order valence-electron chi connectivity index (χ1n) is 9.61. The molecule has 0 saturated heterocycles. The van der Waals surface area contributed by atoms with Gasteiger partial charge in [0.05, 0.1) is 7.11 Å². The van der Waals surface area contributed by atoms with Crippen LogP contribution in [0.25, 0.3) is 0 Å². The molecule has 0 atom stereocenters. The zero-order chi connectivity index (χ0) is 21.5. The molecule has 3 rings (SSSR count). The van der Waals surface area contributed by atoms with E-state index in [2.05, 4.69) is 10.6 Å². The molecule has 3 aromatic rings. The van der Waals surface area contributed by atoms with Gasteiger partial charge in [-0.05, 0) is 49.7 Å². The SMILES string of the molecule is COc1cc(CNc2ccc(C)cc2)c(Cl)cc1OCC(=O)Nc1ccc(C)cc1. The lowest BCUT2D eigenvalue weighted by Gasteiger charge is -2.15. The lowest BCUT2D eigenvalue weighted by Crippen LogP contribution is -2.20. The number of nitrogens with one attached hydrogen (secondary N) is 2. The summed E-state index contributed by atoms with van der Waals surface area (Å²) in [5.74, 6) is 0.672. The second-order valence-corrected chi connectivity index (χ2v) is 7.42. The van der Waals surface area contributed by atoms with Gasteiger partial charge in [0.25, 0.3) is 5.91 Å². The van der Waals surface area contributed by atoms with Gasteiger partial charge in [-0.15, -0.1) is 0 Å². The molecule has 3 aromatic carbocycles. The molecule has 156 valence electrons. The van der Waals surface area contributed by atoms with Crippen LogP contribution >= 0.6 is 11.6 Å². The monoisotopic (exact) mass is 424 g/mol. The van der Waals surface area contributed by atoms with E-state index in [1.54, 1.807) is 13.2 Å². The van der Waals surface area contributed by atoms with Crippen LogP contribution < -0.4 is 20.1 Å². The smallest absolute Gasteiger partial charge is 0.262 e. The molecule has 5 nitrogen and oxygen atoms in total. The molecule has 0 heterocycles. The van der Waals surface area contributed by atoms with Crippen molar-refractivity contribution in [2.75, 3.05) is 24.4 Å². The molecule has 0 aliphatic heterocycles. The number of rotatable bonds is 8. The van der Waals surface area contributed by atoms with Crippen molar-refractivity contribution in [2.45, 2.75) is 20.4 Å². The van der Waals surface area contributed by atoms with E-state index in [4.69, 9.17) is 21.1 Å². The number of hydrogen-bond donors (Lipinski definition) is 2. The molecule has 0 aromatic heterocycles. The summed E-state index contributed by atoms with van der Waals surface area (Å²) in [6.45, 7) is 4.42. The van der Waals surface area contributed by atoms with Gasteiger partial charge in [0.2, 0.25) is 0 Å². The van der Waals surface area contributed by atoms with Gasteiger partial charge in [0.15, 0.2) is 18.1 Å². The number of halogens is 1. The highest BCUT2D eigenvalue weighted by molar-refractivity contribution is 6.31. The summed E-state index contributed by atoms with van der Waals surface area (Å²) in [6, 6.07) is 19.2. The highest BCUT2D eigenvalue weighted by atomic mass is 35.5. The molecule has 0 bridgehead atoms. The summed E-state index contributed by atoms with van der Waals surface area (Å²) < 4.78 is 11.1. The zero-order valence-corrected chi connectivity index (χ0v) is 18.0. The maximum atomic E-state index is 12.2. The van der Waals surface area contributed by atoms with Crippen molar-refractivity contribution in [1.29, 1.82) is 0 Å². The first kappa shape index (κ1) is 21.5. The quantitative estimate of drug-likeness (QED) is 0.494. The van der Waals surface area contributed by atoms with E-state index in [9.17, 15) is 4.79 Å². The van der Waals surface area contributed by atoms with Crippen LogP contribution in [-0.2, 0) is 11.3 Å². The summed E-state index contributed by atoms with van der Waals surface area (Å²) in [7, 11) is 1.56. The van der Waals surface area contributed by atoms with Crippen LogP contribution in [-0.4, -0.2) is 19.6 Å². The number of aryl methyl sites for hydroxylation is 2. The molecule has 0 radical (unpaired) electrons. The van der Waals surface area contributed by atoms with E-state index >= 15 is 0 Å². The third kappa shape index (κ3) is 5.91. The molecular weight excluding hydrogens is 400 g/mol. The molecule has 0 unspecified atom stereocenters. The molecule has 0 fully saturated rings. The first-order chi connectivity index (χ1) is 14.4. The third-order valence-corrected chi connectivity index (χ3v) is 4.91. The van der Waals surface area contributed by atoms with E-state index in [1.807, 2.05) is 68.4 Å². The summed E-state index contributed by atoms with van der Waals surface area (Å²) in [5, 5.41) is 6.67. The topological polar surface area (TPSA) is 59.6 Å². The second kappa shape index (κ2) is 10.0. The molecule has 0 aliphatic carbocycles. The fourth-order valence-electron chi connectivity index (χ4n) is 2.83. The van der Waals surface area contributed by atoms with Gasteiger partial charge in [-0.1, -0.05) is 47.0 Å². The Kier molecular flexibility index (Phi) is 7.20. The molecule has 0 aliphatic rings. The van der Waals surface area contributed by atoms with Crippen molar-refractivity contribution >= 4 is 28.9 Å². The average molecular weight is 425 g/mol. The highest BCUT2D eigenvalue weighted by Gasteiger charge is 2.13. The maximum Gasteiger partial charge on any atom is 0.262 e. The molecule has 1 amide bonds. The van der Waals surface area contributed by atoms with Crippen LogP contribution in [0.1, 0.15) is 16.7 Å². The number of ether oxygens (including phenoxy) is 2. The molecule has 0 spiro atoms. The van der Waals surface area contributed by atoms with Gasteiger partial charge in [-0.2, -0.15) is 0 Å². The molecule has 2 N–H and O–H groups in total. The van der Waals surface area contributed by atoms with E-state index in [0.717, 1.165) is 22.5 Å². The first-order valence-corrected chi connectivity index (χ1v) is 9.98. The van der Waals surface area contributed by atoms with Crippen molar-refractivity contribution in [1.82, 2.24) is 0 Å². The van der Waals surface area contributed by atoms with Crippen molar-refractivity contribution in [3.8, 4) is 11.5 Å². The average Bonchev–Trinajstić information content (AvgIpc) is 2.74. The van der Waals surface area contributed by atoms with Crippen LogP contribution in [0.3, 0.4) is 0 Å². The second-order valence-electron chi connectivity index (χ2n) is 7.02. The van der Waals surface area contributed by atoms with Crippen molar-refractivity contribution in [2.24, 2.45) is 0 Å². The number of carbonyl (C=O) groups excluding carboxylic acids is 1. The van der Waals surface area contributed by atoms with E-state index in [0.29, 0.717) is 23.1 Å². The standard InChI is InChI=1S/C24H25ClN2O3/c1-16-4-8-19(9-5-16)26-14-18-12-22(29-3)23(13-21(18)25)30-15-24(28)27-20-10-6-17(2)7-11-20/h4-13,26H,14-15H2,1-3H3,(H,27,28). The highest BCUT2D eigenvalue weighted by Crippen LogP contribution is 2.33. The van der Waals surface area contributed by atoms with Gasteiger partial charge in [0.1, 0.15) is 0 Å². The third-order valence-electron chi connectivity index (χ3n) is 4.56. The predicted octanol–water partition coefficient (Wildman–Crippen LogP) is 5.60. The Labute approximate surface area is 182 Å². The van der Waals surface area contributed by atoms with Crippen LogP contribution in [0.15, 0.2) is 60.7 Å². The number of methoxy groups -OCH3 is 1. The summed E-state index contributed by atoms with van der Waals surface area (Å²) in [5.41, 5.74) is 4.92. The minimum atomic E-state index is -0.262. The van der Waals surface area contributed by atoms with Crippen LogP contribution in [0.5, 0.6) is 11.5 Å². The van der Waals surface area contributed by atoms with E-state index in [-0.39, 0.29) is 12.5 Å². The number of anilines is 2. The number of hydrogen-bond acceptors (Lipinski definition) is 4. The fourth-order valence-corrected chi connectivity index (χ4v) is 3.05. The predicted molar refractivity (Wildman–Crippen MR) is 122 cm³/mol. The normalized spacial score (nSPS) is 10.4. The number of carbonyl (C=O) groups is 1. The van der Waals surface area contributed by atoms with Crippen LogP contribution in [0.4, 0.5) is 11.4 Å². The van der Waals surface area contributed by atoms with Crippen LogP contribution in [0.2, 0.25) is 5.02 Å². The Morgan fingerprint density at radius 1 is 0.900 bits per heavy atom. The molecular formula is C24H25ClN2O3. The van der Waals surface area contributed by atoms with Gasteiger partial charge >= 0.3 is 0 Å². The summed E-state index contributed by atoms with van der Waals surface area (Å²) in [6.07, 6.45) is 0. The Morgan fingerprint density at radius 2 is 1.50 bits per heavy atom. The Balaban J connectivity index is 1.62. The number of amides is 1. The largest absolute Gasteiger partial charge is 0.493 e. The lowest BCUT2D eigenvalue weighted by molar-refractivity contribution is -0.118. The molecule has 6 heteroatoms. The van der Waals surface area contributed by atoms with Gasteiger partial charge in [-0.3, -0.25) is 4.79 Å². The number of benzene rings is 3. The van der Waals surface area contributed by atoms with Crippen molar-refractivity contribution in [3.05, 3.63) is 82.4 Å². The fraction of sp³-hybridized carbons (Fsp3) is 0.208. The van der Waals surface area contributed by atoms with Crippen molar-refractivity contribution < 1.29 is 14.3 Å². The Bertz CT molecular complexity index is 1000. The van der Waals surface area contributed by atoms with Crippen LogP contribution in [0, 0.1) is 13.8 Å². The van der Waals surface area contributed by atoms with Gasteiger partial charge < -0.3 is 20.1 Å². The lowest BCUT2D eigenvalue weighted by atomic mass is 10.1. The minimum Gasteiger partial charge on any atom is -0.493 e. The maximum absolute atomic E-state index is 12.2.